The maximum Gasteiger partial charge on any atom is 0.340 e. The average molecular weight is 270 g/mol. The van der Waals surface area contributed by atoms with Gasteiger partial charge in [0.25, 0.3) is 0 Å². The third-order valence-corrected chi connectivity index (χ3v) is 3.27. The summed E-state index contributed by atoms with van der Waals surface area (Å²) in [5.74, 6) is 0.438. The summed E-state index contributed by atoms with van der Waals surface area (Å²) < 4.78 is 9.90. The summed E-state index contributed by atoms with van der Waals surface area (Å²) in [4.78, 5) is 15.8. The fraction of sp³-hybridized carbons (Fsp3) is 0.500. The molecule has 0 saturated heterocycles. The number of carbonyl (C=O) groups is 1. The molecule has 0 saturated carbocycles. The SMILES string of the molecule is CCOC(=O)c1ccnc(SCCCOC)c1N. The summed E-state index contributed by atoms with van der Waals surface area (Å²) in [6.07, 6.45) is 2.48. The van der Waals surface area contributed by atoms with Crippen molar-refractivity contribution in [3.63, 3.8) is 0 Å². The number of hydrogen-bond acceptors (Lipinski definition) is 6. The quantitative estimate of drug-likeness (QED) is 0.464. The van der Waals surface area contributed by atoms with E-state index in [4.69, 9.17) is 15.2 Å². The molecule has 0 spiro atoms. The van der Waals surface area contributed by atoms with Gasteiger partial charge in [-0.25, -0.2) is 9.78 Å². The maximum absolute atomic E-state index is 11.6. The molecule has 0 aliphatic rings. The molecule has 100 valence electrons. The van der Waals surface area contributed by atoms with Crippen molar-refractivity contribution in [2.24, 2.45) is 0 Å². The van der Waals surface area contributed by atoms with Gasteiger partial charge in [0.2, 0.25) is 0 Å². The summed E-state index contributed by atoms with van der Waals surface area (Å²) in [6, 6.07) is 1.58. The molecule has 1 heterocycles. The lowest BCUT2D eigenvalue weighted by molar-refractivity contribution is 0.0527. The van der Waals surface area contributed by atoms with E-state index in [0.29, 0.717) is 29.5 Å². The summed E-state index contributed by atoms with van der Waals surface area (Å²) >= 11 is 1.51. The highest BCUT2D eigenvalue weighted by Crippen LogP contribution is 2.26. The molecule has 0 aliphatic heterocycles. The van der Waals surface area contributed by atoms with Crippen molar-refractivity contribution in [1.29, 1.82) is 0 Å². The van der Waals surface area contributed by atoms with Crippen LogP contribution in [0.2, 0.25) is 0 Å². The Morgan fingerprint density at radius 3 is 3.00 bits per heavy atom. The van der Waals surface area contributed by atoms with Crippen LogP contribution < -0.4 is 5.73 Å². The fourth-order valence-corrected chi connectivity index (χ4v) is 2.18. The topological polar surface area (TPSA) is 74.4 Å². The highest BCUT2D eigenvalue weighted by molar-refractivity contribution is 7.99. The van der Waals surface area contributed by atoms with Gasteiger partial charge in [0.05, 0.1) is 17.9 Å². The van der Waals surface area contributed by atoms with Crippen molar-refractivity contribution < 1.29 is 14.3 Å². The van der Waals surface area contributed by atoms with Gasteiger partial charge in [-0.3, -0.25) is 0 Å². The minimum absolute atomic E-state index is 0.330. The molecule has 1 rings (SSSR count). The molecule has 0 amide bonds. The van der Waals surface area contributed by atoms with E-state index < -0.39 is 5.97 Å². The summed E-state index contributed by atoms with van der Waals surface area (Å²) in [5, 5.41) is 0.664. The van der Waals surface area contributed by atoms with Gasteiger partial charge in [-0.1, -0.05) is 0 Å². The number of esters is 1. The van der Waals surface area contributed by atoms with Gasteiger partial charge < -0.3 is 15.2 Å². The smallest absolute Gasteiger partial charge is 0.340 e. The molecule has 0 aromatic carbocycles. The Labute approximate surface area is 111 Å². The first-order chi connectivity index (χ1) is 8.70. The zero-order valence-electron chi connectivity index (χ0n) is 10.6. The van der Waals surface area contributed by atoms with E-state index in [-0.39, 0.29) is 0 Å². The van der Waals surface area contributed by atoms with Gasteiger partial charge in [-0.2, -0.15) is 0 Å². The van der Waals surface area contributed by atoms with Crippen molar-refractivity contribution in [1.82, 2.24) is 4.98 Å². The van der Waals surface area contributed by atoms with Gasteiger partial charge in [0.15, 0.2) is 0 Å². The lowest BCUT2D eigenvalue weighted by Gasteiger charge is -2.08. The van der Waals surface area contributed by atoms with Crippen LogP contribution in [0.25, 0.3) is 0 Å². The second kappa shape index (κ2) is 7.94. The Morgan fingerprint density at radius 1 is 1.56 bits per heavy atom. The fourth-order valence-electron chi connectivity index (χ4n) is 1.33. The van der Waals surface area contributed by atoms with Crippen LogP contribution in [-0.2, 0) is 9.47 Å². The molecule has 18 heavy (non-hydrogen) atoms. The first kappa shape index (κ1) is 14.8. The molecule has 0 atom stereocenters. The summed E-state index contributed by atoms with van der Waals surface area (Å²) in [6.45, 7) is 2.79. The molecular weight excluding hydrogens is 252 g/mol. The number of thioether (sulfide) groups is 1. The number of methoxy groups -OCH3 is 1. The van der Waals surface area contributed by atoms with Gasteiger partial charge >= 0.3 is 5.97 Å². The Kier molecular flexibility index (Phi) is 6.53. The number of pyridine rings is 1. The molecule has 0 radical (unpaired) electrons. The Balaban J connectivity index is 2.69. The lowest BCUT2D eigenvalue weighted by Crippen LogP contribution is -2.09. The number of anilines is 1. The molecule has 0 fully saturated rings. The van der Waals surface area contributed by atoms with E-state index in [1.165, 1.54) is 11.8 Å². The van der Waals surface area contributed by atoms with E-state index in [0.717, 1.165) is 12.2 Å². The number of nitrogens with zero attached hydrogens (tertiary/aromatic N) is 1. The second-order valence-corrected chi connectivity index (χ2v) is 4.58. The van der Waals surface area contributed by atoms with Crippen molar-refractivity contribution in [2.45, 2.75) is 18.4 Å². The van der Waals surface area contributed by atoms with E-state index in [9.17, 15) is 4.79 Å². The normalized spacial score (nSPS) is 10.3. The van der Waals surface area contributed by atoms with Crippen LogP contribution in [0.3, 0.4) is 0 Å². The molecule has 2 N–H and O–H groups in total. The van der Waals surface area contributed by atoms with E-state index in [2.05, 4.69) is 4.98 Å². The number of carbonyl (C=O) groups excluding carboxylic acids is 1. The largest absolute Gasteiger partial charge is 0.462 e. The highest BCUT2D eigenvalue weighted by atomic mass is 32.2. The van der Waals surface area contributed by atoms with Gasteiger partial charge in [0.1, 0.15) is 5.03 Å². The number of nitrogens with two attached hydrogens (primary N) is 1. The third kappa shape index (κ3) is 4.19. The van der Waals surface area contributed by atoms with Crippen molar-refractivity contribution in [3.05, 3.63) is 17.8 Å². The van der Waals surface area contributed by atoms with Crippen LogP contribution in [0.4, 0.5) is 5.69 Å². The van der Waals surface area contributed by atoms with Crippen LogP contribution in [0, 0.1) is 0 Å². The van der Waals surface area contributed by atoms with Crippen LogP contribution in [-0.4, -0.2) is 37.0 Å². The maximum atomic E-state index is 11.6. The molecule has 0 bridgehead atoms. The average Bonchev–Trinajstić information content (AvgIpc) is 2.36. The Bertz CT molecular complexity index is 399. The molecule has 0 aliphatic carbocycles. The number of rotatable bonds is 7. The second-order valence-electron chi connectivity index (χ2n) is 3.49. The number of hydrogen-bond donors (Lipinski definition) is 1. The van der Waals surface area contributed by atoms with Gasteiger partial charge in [-0.05, 0) is 19.4 Å². The van der Waals surface area contributed by atoms with Crippen LogP contribution in [0.15, 0.2) is 17.3 Å². The first-order valence-electron chi connectivity index (χ1n) is 5.74. The predicted molar refractivity (Wildman–Crippen MR) is 71.8 cm³/mol. The number of nitrogen functional groups attached to an aromatic ring is 1. The number of ether oxygens (including phenoxy) is 2. The van der Waals surface area contributed by atoms with Gasteiger partial charge in [0, 0.05) is 25.7 Å². The molecular formula is C12H18N2O3S. The monoisotopic (exact) mass is 270 g/mol. The van der Waals surface area contributed by atoms with Crippen LogP contribution in [0.5, 0.6) is 0 Å². The van der Waals surface area contributed by atoms with Crippen molar-refractivity contribution in [3.8, 4) is 0 Å². The standard InChI is InChI=1S/C12H18N2O3S/c1-3-17-12(15)9-5-6-14-11(10(9)13)18-8-4-7-16-2/h5-6H,3-4,7-8,13H2,1-2H3. The molecule has 0 unspecified atom stereocenters. The van der Waals surface area contributed by atoms with Crippen molar-refractivity contribution in [2.75, 3.05) is 31.8 Å². The zero-order chi connectivity index (χ0) is 13.4. The van der Waals surface area contributed by atoms with Gasteiger partial charge in [-0.15, -0.1) is 11.8 Å². The van der Waals surface area contributed by atoms with Crippen LogP contribution in [0.1, 0.15) is 23.7 Å². The van der Waals surface area contributed by atoms with E-state index in [1.807, 2.05) is 0 Å². The van der Waals surface area contributed by atoms with E-state index in [1.54, 1.807) is 26.3 Å². The minimum Gasteiger partial charge on any atom is -0.462 e. The lowest BCUT2D eigenvalue weighted by atomic mass is 10.2. The predicted octanol–water partition coefficient (Wildman–Crippen LogP) is 1.97. The molecule has 1 aromatic rings. The summed E-state index contributed by atoms with van der Waals surface area (Å²) in [5.41, 5.74) is 6.68. The highest BCUT2D eigenvalue weighted by Gasteiger charge is 2.14. The first-order valence-corrected chi connectivity index (χ1v) is 6.72. The Morgan fingerprint density at radius 2 is 2.33 bits per heavy atom. The minimum atomic E-state index is -0.406. The summed E-state index contributed by atoms with van der Waals surface area (Å²) in [7, 11) is 1.67. The van der Waals surface area contributed by atoms with Crippen LogP contribution >= 0.6 is 11.8 Å². The Hall–Kier alpha value is -1.27. The zero-order valence-corrected chi connectivity index (χ0v) is 11.5. The molecule has 6 heteroatoms. The molecule has 5 nitrogen and oxygen atoms in total. The third-order valence-electron chi connectivity index (χ3n) is 2.18. The van der Waals surface area contributed by atoms with E-state index >= 15 is 0 Å². The van der Waals surface area contributed by atoms with Crippen molar-refractivity contribution >= 4 is 23.4 Å². The number of aromatic nitrogens is 1. The molecule has 1 aromatic heterocycles.